The number of halogens is 18. The van der Waals surface area contributed by atoms with Crippen molar-refractivity contribution in [2.24, 2.45) is 0 Å². The molecule has 0 saturated heterocycles. The fraction of sp³-hybridized carbons (Fsp3) is 0.240. The van der Waals surface area contributed by atoms with E-state index in [0.717, 1.165) is 14.7 Å². The van der Waals surface area contributed by atoms with Gasteiger partial charge in [-0.15, -0.1) is 0 Å². The predicted molar refractivity (Wildman–Crippen MR) is 144 cm³/mol. The van der Waals surface area contributed by atoms with Crippen LogP contribution in [0.25, 0.3) is 0 Å². The van der Waals surface area contributed by atoms with Crippen molar-refractivity contribution in [3.05, 3.63) is 94.2 Å². The Hall–Kier alpha value is -3.40. The molecule has 0 saturated carbocycles. The van der Waals surface area contributed by atoms with Crippen LogP contribution in [0.4, 0.5) is 79.0 Å². The van der Waals surface area contributed by atoms with Gasteiger partial charge in [-0.2, -0.15) is 65.9 Å². The molecule has 0 spiro atoms. The molecule has 0 heterocycles. The topological polar surface area (TPSA) is 102 Å². The molecule has 0 aliphatic heterocycles. The lowest BCUT2D eigenvalue weighted by Gasteiger charge is -2.38. The van der Waals surface area contributed by atoms with Crippen LogP contribution in [-0.2, 0) is 40.4 Å². The smallest absolute Gasteiger partial charge is 0.254 e. The van der Waals surface area contributed by atoms with Crippen molar-refractivity contribution in [2.75, 3.05) is 0 Å². The van der Waals surface area contributed by atoms with Gasteiger partial charge >= 0.3 is 34.3 Å². The molecule has 3 aromatic rings. The lowest BCUT2D eigenvalue weighted by atomic mass is 10.3. The second kappa shape index (κ2) is 14.7. The van der Waals surface area contributed by atoms with Crippen LogP contribution in [0, 0.1) is 21.4 Å². The summed E-state index contributed by atoms with van der Waals surface area (Å²) >= 11 is 0. The maximum Gasteiger partial charge on any atom is 0.466 e. The number of alkyl halides is 15. The third kappa shape index (κ3) is 8.63. The van der Waals surface area contributed by atoms with Gasteiger partial charge in [-0.25, -0.2) is 13.2 Å². The first-order valence-electron chi connectivity index (χ1n) is 12.5. The van der Waals surface area contributed by atoms with Crippen molar-refractivity contribution in [1.82, 2.24) is 0 Å². The van der Waals surface area contributed by atoms with Crippen molar-refractivity contribution in [3.8, 4) is 0 Å². The lowest BCUT2D eigenvalue weighted by molar-refractivity contribution is -0.242. The molecule has 3 aromatic carbocycles. The van der Waals surface area contributed by atoms with Crippen molar-refractivity contribution in [2.45, 2.75) is 49.0 Å². The molecule has 0 radical (unpaired) electrons. The average Bonchev–Trinajstić information content (AvgIpc) is 2.98. The summed E-state index contributed by atoms with van der Waals surface area (Å²) in [7, 11) is -28.3. The summed E-state index contributed by atoms with van der Waals surface area (Å²) in [5, 5.41) is -24.2. The summed E-state index contributed by atoms with van der Waals surface area (Å²) in [4.78, 5) is 2.67. The van der Waals surface area contributed by atoms with E-state index in [-0.39, 0.29) is 17.5 Å². The molecule has 0 bridgehead atoms. The molecule has 0 unspecified atom stereocenters. The van der Waals surface area contributed by atoms with Gasteiger partial charge in [0.05, 0.1) is 14.8 Å². The highest BCUT2D eigenvalue weighted by atomic mass is 32.3. The molecule has 0 aliphatic rings. The molecule has 0 aliphatic carbocycles. The number of hydrogen-bond acceptors (Lipinski definition) is 6. The van der Waals surface area contributed by atoms with Crippen LogP contribution in [-0.4, -0.2) is 59.5 Å². The summed E-state index contributed by atoms with van der Waals surface area (Å²) in [6.07, 6.45) is -23.4. The molecule has 0 amide bonds. The van der Waals surface area contributed by atoms with Crippen LogP contribution in [0.15, 0.2) is 87.5 Å². The first-order chi connectivity index (χ1) is 23.5. The molecule has 53 heavy (non-hydrogen) atoms. The molecule has 0 fully saturated rings. The minimum absolute atomic E-state index is 0.314. The number of benzene rings is 3. The van der Waals surface area contributed by atoms with E-state index in [1.54, 1.807) is 36.4 Å². The van der Waals surface area contributed by atoms with E-state index in [1.165, 1.54) is 36.4 Å². The molecular weight excluding hydrogens is 867 g/mol. The van der Waals surface area contributed by atoms with Crippen molar-refractivity contribution in [1.29, 1.82) is 0 Å². The number of sulfone groups is 3. The third-order valence-corrected chi connectivity index (χ3v) is 16.0. The Balaban J connectivity index is 0.000000385. The van der Waals surface area contributed by atoms with Gasteiger partial charge in [-0.1, -0.05) is 0 Å². The maximum absolute atomic E-state index is 13.2. The summed E-state index contributed by atoms with van der Waals surface area (Å²) < 4.78 is 289. The fourth-order valence-corrected chi connectivity index (χ4v) is 12.3. The van der Waals surface area contributed by atoms with E-state index >= 15 is 0 Å². The zero-order valence-corrected chi connectivity index (χ0v) is 27.6. The van der Waals surface area contributed by atoms with Crippen LogP contribution < -0.4 is 0 Å². The van der Waals surface area contributed by atoms with Crippen molar-refractivity contribution < 1.29 is 104 Å². The van der Waals surface area contributed by atoms with Gasteiger partial charge in [-0.3, -0.25) is 25.3 Å². The third-order valence-electron chi connectivity index (χ3n) is 5.81. The molecule has 0 atom stereocenters. The lowest BCUT2D eigenvalue weighted by Crippen LogP contribution is -2.58. The Morgan fingerprint density at radius 3 is 0.679 bits per heavy atom. The second-order valence-corrected chi connectivity index (χ2v) is 18.1. The Labute approximate surface area is 287 Å². The first-order valence-corrected chi connectivity index (χ1v) is 18.1. The van der Waals surface area contributed by atoms with E-state index in [4.69, 9.17) is 0 Å². The molecule has 3 rings (SSSR count). The Kier molecular flexibility index (Phi) is 12.7. The molecule has 0 aromatic heterocycles. The first kappa shape index (κ1) is 45.8. The zero-order chi connectivity index (χ0) is 41.6. The fourth-order valence-electron chi connectivity index (χ4n) is 3.32. The highest BCUT2D eigenvalue weighted by molar-refractivity contribution is 8.29. The van der Waals surface area contributed by atoms with Crippen molar-refractivity contribution in [3.63, 3.8) is 0 Å². The van der Waals surface area contributed by atoms with Crippen LogP contribution >= 0.6 is 0 Å². The van der Waals surface area contributed by atoms with Crippen molar-refractivity contribution >= 4 is 40.4 Å². The van der Waals surface area contributed by atoms with E-state index in [2.05, 4.69) is 0 Å². The average molecular weight is 879 g/mol. The molecular formula is C25H12F18O6S4. The standard InChI is InChI=1S/C18H12F3S.C7F15O6S3/c19-13-1-7-16(8-2-13)22(17-9-3-14(20)4-10-17)18-11-5-15(21)6-12-18;8-2(9,10)5(17,18)29(23,24)1(30(25,26)6(19,20)3(11,12)13)31(27,28)7(21,22)4(14,15)16/h1-12H;/q+1;-1. The largest absolute Gasteiger partial charge is 0.466 e. The zero-order valence-electron chi connectivity index (χ0n) is 24.3. The molecule has 6 nitrogen and oxygen atoms in total. The van der Waals surface area contributed by atoms with Crippen LogP contribution in [0.1, 0.15) is 0 Å². The van der Waals surface area contributed by atoms with E-state index in [1.807, 2.05) is 0 Å². The molecule has 0 N–H and O–H groups in total. The molecule has 298 valence electrons. The quantitative estimate of drug-likeness (QED) is 0.122. The number of rotatable bonds is 9. The predicted octanol–water partition coefficient (Wildman–Crippen LogP) is 8.34. The summed E-state index contributed by atoms with van der Waals surface area (Å²) in [6, 6.07) is 18.5. The van der Waals surface area contributed by atoms with Gasteiger partial charge in [0.25, 0.3) is 0 Å². The van der Waals surface area contributed by atoms with Gasteiger partial charge in [0.2, 0.25) is 0 Å². The summed E-state index contributed by atoms with van der Waals surface area (Å²) in [5.41, 5.74) is 0. The van der Waals surface area contributed by atoms with Gasteiger partial charge < -0.3 is 0 Å². The second-order valence-electron chi connectivity index (χ2n) is 9.47. The maximum atomic E-state index is 13.2. The van der Waals surface area contributed by atoms with Gasteiger partial charge in [-0.05, 0) is 72.8 Å². The normalized spacial score (nSPS) is 14.3. The van der Waals surface area contributed by atoms with E-state index in [0.29, 0.717) is 0 Å². The van der Waals surface area contributed by atoms with Crippen LogP contribution in [0.2, 0.25) is 0 Å². The highest BCUT2D eigenvalue weighted by Gasteiger charge is 2.77. The van der Waals surface area contributed by atoms with Gasteiger partial charge in [0, 0.05) is 0 Å². The van der Waals surface area contributed by atoms with Crippen LogP contribution in [0.3, 0.4) is 0 Å². The summed E-state index contributed by atoms with van der Waals surface area (Å²) in [6.45, 7) is 0. The van der Waals surface area contributed by atoms with E-state index < -0.39 is 78.6 Å². The molecule has 28 heteroatoms. The number of hydrogen-bond donors (Lipinski definition) is 0. The van der Waals surface area contributed by atoms with Gasteiger partial charge in [0.15, 0.2) is 14.7 Å². The monoisotopic (exact) mass is 878 g/mol. The Morgan fingerprint density at radius 2 is 0.528 bits per heavy atom. The van der Waals surface area contributed by atoms with E-state index in [9.17, 15) is 104 Å². The minimum Gasteiger partial charge on any atom is -0.254 e. The van der Waals surface area contributed by atoms with Gasteiger partial charge in [0.1, 0.15) is 47.0 Å². The SMILES string of the molecule is Fc1ccc([S+](c2ccc(F)cc2)c2ccc(F)cc2)cc1.O=S(=O)([C-](S(=O)(=O)C(F)(F)C(F)(F)F)S(=O)(=O)C(F)(F)C(F)(F)F)C(F)(F)C(F)(F)F. The summed E-state index contributed by atoms with van der Waals surface area (Å²) in [5.74, 6) is -0.943. The highest BCUT2D eigenvalue weighted by Crippen LogP contribution is 2.56. The Morgan fingerprint density at radius 1 is 0.358 bits per heavy atom. The Bertz CT molecular complexity index is 1840. The van der Waals surface area contributed by atoms with Crippen LogP contribution in [0.5, 0.6) is 0 Å². The minimum atomic E-state index is -9.24.